The number of rotatable bonds is 7. The van der Waals surface area contributed by atoms with Crippen molar-refractivity contribution < 1.29 is 13.2 Å². The van der Waals surface area contributed by atoms with Crippen molar-refractivity contribution in [1.82, 2.24) is 14.5 Å². The second-order valence-electron chi connectivity index (χ2n) is 8.71. The number of carbonyl (C=O) groups excluding carboxylic acids is 1. The predicted octanol–water partition coefficient (Wildman–Crippen LogP) is 2.63. The van der Waals surface area contributed by atoms with Crippen molar-refractivity contribution in [1.29, 1.82) is 0 Å². The number of nitrogens with one attached hydrogen (secondary N) is 1. The van der Waals surface area contributed by atoms with E-state index in [1.165, 1.54) is 17.1 Å². The van der Waals surface area contributed by atoms with Gasteiger partial charge in [-0.3, -0.25) is 4.79 Å². The lowest BCUT2D eigenvalue weighted by molar-refractivity contribution is -0.126. The molecule has 0 bridgehead atoms. The molecular weight excluding hydrogens is 386 g/mol. The molecule has 29 heavy (non-hydrogen) atoms. The molecule has 1 aromatic rings. The standard InChI is InChI=1S/C22H35N3O3S/c1-18-8-10-21(11-9-18)29(27,28)25-15-4-7-20(17-25)22(26)23-12-5-14-24-13-3-6-19(2)16-24/h8-11,19-20H,3-7,12-17H2,1-2H3,(H,23,26)/t19-,20-/m0/s1. The third-order valence-corrected chi connectivity index (χ3v) is 7.98. The predicted molar refractivity (Wildman–Crippen MR) is 115 cm³/mol. The summed E-state index contributed by atoms with van der Waals surface area (Å²) in [6, 6.07) is 6.92. The van der Waals surface area contributed by atoms with Crippen LogP contribution in [0.5, 0.6) is 0 Å². The maximum absolute atomic E-state index is 12.9. The molecule has 3 rings (SSSR count). The molecule has 0 saturated carbocycles. The van der Waals surface area contributed by atoms with Gasteiger partial charge in [0.25, 0.3) is 0 Å². The van der Waals surface area contributed by atoms with Gasteiger partial charge in [0.05, 0.1) is 10.8 Å². The van der Waals surface area contributed by atoms with E-state index in [2.05, 4.69) is 17.1 Å². The van der Waals surface area contributed by atoms with E-state index in [-0.39, 0.29) is 18.4 Å². The fourth-order valence-corrected chi connectivity index (χ4v) is 5.91. The summed E-state index contributed by atoms with van der Waals surface area (Å²) in [4.78, 5) is 15.4. The van der Waals surface area contributed by atoms with Gasteiger partial charge in [0.2, 0.25) is 15.9 Å². The molecule has 162 valence electrons. The Hall–Kier alpha value is -1.44. The van der Waals surface area contributed by atoms with E-state index in [0.717, 1.165) is 50.4 Å². The molecule has 2 atom stereocenters. The quantitative estimate of drug-likeness (QED) is 0.687. The van der Waals surface area contributed by atoms with Crippen LogP contribution in [-0.4, -0.2) is 62.8 Å². The Labute approximate surface area is 175 Å². The average Bonchev–Trinajstić information content (AvgIpc) is 2.71. The minimum atomic E-state index is -3.54. The first kappa shape index (κ1) is 22.2. The van der Waals surface area contributed by atoms with E-state index in [1.54, 1.807) is 12.1 Å². The number of likely N-dealkylation sites (tertiary alicyclic amines) is 1. The molecule has 2 heterocycles. The van der Waals surface area contributed by atoms with Crippen LogP contribution in [0.2, 0.25) is 0 Å². The zero-order valence-electron chi connectivity index (χ0n) is 17.8. The fraction of sp³-hybridized carbons (Fsp3) is 0.682. The maximum Gasteiger partial charge on any atom is 0.243 e. The van der Waals surface area contributed by atoms with Crippen molar-refractivity contribution >= 4 is 15.9 Å². The Balaban J connectivity index is 1.47. The number of aryl methyl sites for hydroxylation is 1. The smallest absolute Gasteiger partial charge is 0.243 e. The molecule has 2 fully saturated rings. The SMILES string of the molecule is Cc1ccc(S(=O)(=O)N2CCC[C@H](C(=O)NCCCN3CCC[C@H](C)C3)C2)cc1. The summed E-state index contributed by atoms with van der Waals surface area (Å²) in [6.45, 7) is 8.97. The number of carbonyl (C=O) groups is 1. The van der Waals surface area contributed by atoms with Crippen molar-refractivity contribution in [3.05, 3.63) is 29.8 Å². The van der Waals surface area contributed by atoms with Crippen LogP contribution in [0.4, 0.5) is 0 Å². The minimum Gasteiger partial charge on any atom is -0.356 e. The lowest BCUT2D eigenvalue weighted by atomic mass is 9.99. The Morgan fingerprint density at radius 2 is 1.83 bits per heavy atom. The van der Waals surface area contributed by atoms with Crippen LogP contribution >= 0.6 is 0 Å². The van der Waals surface area contributed by atoms with E-state index in [0.29, 0.717) is 18.0 Å². The van der Waals surface area contributed by atoms with Gasteiger partial charge in [-0.05, 0) is 70.2 Å². The Kier molecular flexibility index (Phi) is 7.71. The largest absolute Gasteiger partial charge is 0.356 e. The van der Waals surface area contributed by atoms with Crippen LogP contribution in [0.25, 0.3) is 0 Å². The van der Waals surface area contributed by atoms with Gasteiger partial charge in [0.1, 0.15) is 0 Å². The van der Waals surface area contributed by atoms with Gasteiger partial charge in [-0.2, -0.15) is 4.31 Å². The van der Waals surface area contributed by atoms with Gasteiger partial charge in [-0.25, -0.2) is 8.42 Å². The molecule has 2 saturated heterocycles. The first-order valence-electron chi connectivity index (χ1n) is 10.9. The second-order valence-corrected chi connectivity index (χ2v) is 10.6. The zero-order valence-corrected chi connectivity index (χ0v) is 18.6. The van der Waals surface area contributed by atoms with Gasteiger partial charge in [-0.1, -0.05) is 24.6 Å². The Morgan fingerprint density at radius 1 is 1.10 bits per heavy atom. The Morgan fingerprint density at radius 3 is 2.55 bits per heavy atom. The van der Waals surface area contributed by atoms with Gasteiger partial charge < -0.3 is 10.2 Å². The molecular formula is C22H35N3O3S. The topological polar surface area (TPSA) is 69.7 Å². The van der Waals surface area contributed by atoms with E-state index >= 15 is 0 Å². The number of sulfonamides is 1. The molecule has 1 N–H and O–H groups in total. The van der Waals surface area contributed by atoms with Crippen molar-refractivity contribution in [2.45, 2.75) is 50.8 Å². The van der Waals surface area contributed by atoms with Crippen molar-refractivity contribution in [2.75, 3.05) is 39.3 Å². The highest BCUT2D eigenvalue weighted by atomic mass is 32.2. The minimum absolute atomic E-state index is 0.0131. The summed E-state index contributed by atoms with van der Waals surface area (Å²) in [5, 5.41) is 3.04. The lowest BCUT2D eigenvalue weighted by Crippen LogP contribution is -2.45. The summed E-state index contributed by atoms with van der Waals surface area (Å²) < 4.78 is 27.3. The number of piperidine rings is 2. The summed E-state index contributed by atoms with van der Waals surface area (Å²) >= 11 is 0. The summed E-state index contributed by atoms with van der Waals surface area (Å²) in [7, 11) is -3.54. The number of nitrogens with zero attached hydrogens (tertiary/aromatic N) is 2. The molecule has 0 unspecified atom stereocenters. The highest BCUT2D eigenvalue weighted by Gasteiger charge is 2.33. The fourth-order valence-electron chi connectivity index (χ4n) is 4.38. The molecule has 0 spiro atoms. The van der Waals surface area contributed by atoms with Crippen molar-refractivity contribution in [3.63, 3.8) is 0 Å². The van der Waals surface area contributed by atoms with Crippen LogP contribution in [0, 0.1) is 18.8 Å². The molecule has 0 aromatic heterocycles. The first-order chi connectivity index (χ1) is 13.9. The van der Waals surface area contributed by atoms with Crippen molar-refractivity contribution in [3.8, 4) is 0 Å². The molecule has 2 aliphatic heterocycles. The Bertz CT molecular complexity index is 779. The average molecular weight is 422 g/mol. The second kappa shape index (κ2) is 10.0. The molecule has 1 amide bonds. The number of hydrogen-bond acceptors (Lipinski definition) is 4. The molecule has 0 radical (unpaired) electrons. The number of hydrogen-bond donors (Lipinski definition) is 1. The summed E-state index contributed by atoms with van der Waals surface area (Å²) in [6.07, 6.45) is 4.98. The van der Waals surface area contributed by atoms with E-state index < -0.39 is 10.0 Å². The number of benzene rings is 1. The zero-order chi connectivity index (χ0) is 20.9. The maximum atomic E-state index is 12.9. The molecule has 6 nitrogen and oxygen atoms in total. The van der Waals surface area contributed by atoms with Crippen LogP contribution in [0.1, 0.15) is 44.6 Å². The molecule has 2 aliphatic rings. The third kappa shape index (κ3) is 6.03. The molecule has 0 aliphatic carbocycles. The van der Waals surface area contributed by atoms with Gasteiger partial charge in [0.15, 0.2) is 0 Å². The highest BCUT2D eigenvalue weighted by molar-refractivity contribution is 7.89. The van der Waals surface area contributed by atoms with Gasteiger partial charge >= 0.3 is 0 Å². The monoisotopic (exact) mass is 421 g/mol. The molecule has 1 aromatic carbocycles. The van der Waals surface area contributed by atoms with E-state index in [1.807, 2.05) is 19.1 Å². The molecule has 7 heteroatoms. The van der Waals surface area contributed by atoms with Crippen LogP contribution in [0.3, 0.4) is 0 Å². The van der Waals surface area contributed by atoms with Gasteiger partial charge in [0, 0.05) is 26.2 Å². The highest BCUT2D eigenvalue weighted by Crippen LogP contribution is 2.24. The summed E-state index contributed by atoms with van der Waals surface area (Å²) in [5.74, 6) is 0.488. The van der Waals surface area contributed by atoms with Crippen LogP contribution < -0.4 is 5.32 Å². The third-order valence-electron chi connectivity index (χ3n) is 6.11. The van der Waals surface area contributed by atoms with Gasteiger partial charge in [-0.15, -0.1) is 0 Å². The van der Waals surface area contributed by atoms with Crippen LogP contribution in [-0.2, 0) is 14.8 Å². The normalized spacial score (nSPS) is 24.3. The van der Waals surface area contributed by atoms with E-state index in [4.69, 9.17) is 0 Å². The van der Waals surface area contributed by atoms with Crippen LogP contribution in [0.15, 0.2) is 29.2 Å². The summed E-state index contributed by atoms with van der Waals surface area (Å²) in [5.41, 5.74) is 1.03. The first-order valence-corrected chi connectivity index (χ1v) is 12.4. The lowest BCUT2D eigenvalue weighted by Gasteiger charge is -2.32. The van der Waals surface area contributed by atoms with Crippen molar-refractivity contribution in [2.24, 2.45) is 11.8 Å². The van der Waals surface area contributed by atoms with E-state index in [9.17, 15) is 13.2 Å². The number of amides is 1.